The molecule has 1 aliphatic rings. The number of rotatable bonds is 3. The van der Waals surface area contributed by atoms with Crippen LogP contribution in [0.15, 0.2) is 47.3 Å². The van der Waals surface area contributed by atoms with Crippen LogP contribution in [0.4, 0.5) is 11.5 Å². The van der Waals surface area contributed by atoms with E-state index in [2.05, 4.69) is 0 Å². The van der Waals surface area contributed by atoms with E-state index in [1.165, 1.54) is 0 Å². The molecule has 1 aromatic heterocycles. The first-order valence-corrected chi connectivity index (χ1v) is 7.98. The number of nitrogen functional groups attached to an aromatic ring is 2. The number of nitrogens with two attached hydrogens (primary N) is 2. The quantitative estimate of drug-likeness (QED) is 0.726. The molecule has 0 unspecified atom stereocenters. The number of nitrogens with zero attached hydrogens (tertiary/aromatic N) is 1. The summed E-state index contributed by atoms with van der Waals surface area (Å²) in [5, 5.41) is 1.44. The number of methoxy groups -OCH3 is 1. The molecule has 1 aliphatic carbocycles. The Morgan fingerprint density at radius 1 is 1.04 bits per heavy atom. The van der Waals surface area contributed by atoms with Crippen molar-refractivity contribution >= 4 is 22.3 Å². The van der Waals surface area contributed by atoms with Crippen LogP contribution in [-0.4, -0.2) is 11.7 Å². The minimum atomic E-state index is -0.0606. The fourth-order valence-electron chi connectivity index (χ4n) is 3.21. The second kappa shape index (κ2) is 5.30. The molecular weight excluding hydrogens is 302 g/mol. The van der Waals surface area contributed by atoms with Crippen molar-refractivity contribution in [1.82, 2.24) is 4.57 Å². The van der Waals surface area contributed by atoms with E-state index in [0.717, 1.165) is 35.1 Å². The Bertz CT molecular complexity index is 986. The molecule has 0 saturated heterocycles. The molecule has 2 aromatic carbocycles. The summed E-state index contributed by atoms with van der Waals surface area (Å²) in [4.78, 5) is 12.9. The number of ether oxygens (including phenoxy) is 1. The predicted molar refractivity (Wildman–Crippen MR) is 97.3 cm³/mol. The summed E-state index contributed by atoms with van der Waals surface area (Å²) >= 11 is 0. The zero-order valence-corrected chi connectivity index (χ0v) is 13.5. The van der Waals surface area contributed by atoms with Crippen LogP contribution in [0.2, 0.25) is 0 Å². The van der Waals surface area contributed by atoms with Gasteiger partial charge >= 0.3 is 0 Å². The van der Waals surface area contributed by atoms with Crippen LogP contribution in [0.5, 0.6) is 5.75 Å². The zero-order valence-electron chi connectivity index (χ0n) is 13.5. The highest BCUT2D eigenvalue weighted by molar-refractivity contribution is 6.02. The van der Waals surface area contributed by atoms with E-state index in [9.17, 15) is 4.79 Å². The average molecular weight is 321 g/mol. The van der Waals surface area contributed by atoms with Crippen molar-refractivity contribution in [2.75, 3.05) is 18.6 Å². The molecule has 1 fully saturated rings. The van der Waals surface area contributed by atoms with Gasteiger partial charge in [-0.2, -0.15) is 0 Å². The first kappa shape index (κ1) is 14.6. The van der Waals surface area contributed by atoms with Crippen LogP contribution in [0.3, 0.4) is 0 Å². The fourth-order valence-corrected chi connectivity index (χ4v) is 3.21. The van der Waals surface area contributed by atoms with Crippen LogP contribution >= 0.6 is 0 Å². The molecule has 122 valence electrons. The summed E-state index contributed by atoms with van der Waals surface area (Å²) in [5.41, 5.74) is 14.7. The maximum atomic E-state index is 12.9. The summed E-state index contributed by atoms with van der Waals surface area (Å²) < 4.78 is 6.95. The Hall–Kier alpha value is -2.95. The molecule has 24 heavy (non-hydrogen) atoms. The number of hydrogen-bond acceptors (Lipinski definition) is 4. The van der Waals surface area contributed by atoms with Gasteiger partial charge in [-0.05, 0) is 48.1 Å². The summed E-state index contributed by atoms with van der Waals surface area (Å²) in [7, 11) is 1.63. The Labute approximate surface area is 139 Å². The topological polar surface area (TPSA) is 83.3 Å². The molecule has 0 atom stereocenters. The number of fused-ring (bicyclic) bond motifs is 1. The van der Waals surface area contributed by atoms with Gasteiger partial charge in [-0.1, -0.05) is 18.2 Å². The van der Waals surface area contributed by atoms with E-state index in [-0.39, 0.29) is 11.6 Å². The number of pyridine rings is 1. The molecule has 4 N–H and O–H groups in total. The van der Waals surface area contributed by atoms with Gasteiger partial charge in [0.2, 0.25) is 0 Å². The second-order valence-electron chi connectivity index (χ2n) is 6.20. The van der Waals surface area contributed by atoms with Gasteiger partial charge in [0, 0.05) is 22.7 Å². The molecule has 5 heteroatoms. The summed E-state index contributed by atoms with van der Waals surface area (Å²) in [5.74, 6) is 1.30. The summed E-state index contributed by atoms with van der Waals surface area (Å²) in [6.45, 7) is 0. The Morgan fingerprint density at radius 3 is 2.38 bits per heavy atom. The smallest absolute Gasteiger partial charge is 0.260 e. The highest BCUT2D eigenvalue weighted by atomic mass is 16.5. The molecule has 1 saturated carbocycles. The van der Waals surface area contributed by atoms with E-state index in [1.807, 2.05) is 30.3 Å². The van der Waals surface area contributed by atoms with Crippen LogP contribution < -0.4 is 21.8 Å². The van der Waals surface area contributed by atoms with Crippen molar-refractivity contribution in [3.05, 3.63) is 52.8 Å². The third kappa shape index (κ3) is 2.21. The maximum Gasteiger partial charge on any atom is 0.260 e. The molecule has 0 spiro atoms. The van der Waals surface area contributed by atoms with Crippen molar-refractivity contribution in [2.45, 2.75) is 18.9 Å². The minimum Gasteiger partial charge on any atom is -0.497 e. The largest absolute Gasteiger partial charge is 0.497 e. The Kier molecular flexibility index (Phi) is 3.23. The van der Waals surface area contributed by atoms with Crippen molar-refractivity contribution in [3.8, 4) is 16.9 Å². The molecule has 4 rings (SSSR count). The van der Waals surface area contributed by atoms with E-state index in [1.54, 1.807) is 23.8 Å². The third-order valence-electron chi connectivity index (χ3n) is 4.57. The van der Waals surface area contributed by atoms with Crippen molar-refractivity contribution < 1.29 is 4.74 Å². The molecule has 1 heterocycles. The predicted octanol–water partition coefficient (Wildman–Crippen LogP) is 3.18. The maximum absolute atomic E-state index is 12.9. The monoisotopic (exact) mass is 321 g/mol. The molecular formula is C19H19N3O2. The number of aromatic nitrogens is 1. The lowest BCUT2D eigenvalue weighted by Crippen LogP contribution is -2.23. The van der Waals surface area contributed by atoms with Crippen molar-refractivity contribution in [3.63, 3.8) is 0 Å². The van der Waals surface area contributed by atoms with E-state index in [0.29, 0.717) is 16.9 Å². The lowest BCUT2D eigenvalue weighted by molar-refractivity contribution is 0.415. The van der Waals surface area contributed by atoms with E-state index < -0.39 is 0 Å². The van der Waals surface area contributed by atoms with Gasteiger partial charge in [-0.25, -0.2) is 0 Å². The molecule has 3 aromatic rings. The van der Waals surface area contributed by atoms with Gasteiger partial charge in [0.15, 0.2) is 0 Å². The molecule has 0 radical (unpaired) electrons. The number of hydrogen-bond donors (Lipinski definition) is 2. The first-order chi connectivity index (χ1) is 11.6. The zero-order chi connectivity index (χ0) is 16.8. The van der Waals surface area contributed by atoms with Gasteiger partial charge in [0.05, 0.1) is 7.11 Å². The van der Waals surface area contributed by atoms with Crippen LogP contribution in [0.25, 0.3) is 21.9 Å². The second-order valence-corrected chi connectivity index (χ2v) is 6.20. The van der Waals surface area contributed by atoms with Crippen LogP contribution in [0.1, 0.15) is 18.9 Å². The third-order valence-corrected chi connectivity index (χ3v) is 4.57. The normalized spacial score (nSPS) is 14.0. The highest BCUT2D eigenvalue weighted by Gasteiger charge is 2.29. The molecule has 0 bridgehead atoms. The first-order valence-electron chi connectivity index (χ1n) is 7.98. The molecule has 0 aliphatic heterocycles. The standard InChI is InChI=1S/C19H19N3O2/c1-24-14-7-2-11(3-8-14)17-15-9-4-12(20)10-16(15)19(23)22(18(17)21)13-5-6-13/h2-4,7-10,13H,5-6,20-21H2,1H3. The van der Waals surface area contributed by atoms with E-state index in [4.69, 9.17) is 16.2 Å². The highest BCUT2D eigenvalue weighted by Crippen LogP contribution is 2.41. The van der Waals surface area contributed by atoms with Crippen molar-refractivity contribution in [2.24, 2.45) is 0 Å². The number of benzene rings is 2. The van der Waals surface area contributed by atoms with Crippen LogP contribution in [0, 0.1) is 0 Å². The lowest BCUT2D eigenvalue weighted by Gasteiger charge is -2.17. The van der Waals surface area contributed by atoms with Crippen molar-refractivity contribution in [1.29, 1.82) is 0 Å². The van der Waals surface area contributed by atoms with Gasteiger partial charge < -0.3 is 16.2 Å². The Balaban J connectivity index is 2.07. The van der Waals surface area contributed by atoms with Gasteiger partial charge in [0.25, 0.3) is 5.56 Å². The average Bonchev–Trinajstić information content (AvgIpc) is 3.41. The number of anilines is 2. The van der Waals surface area contributed by atoms with Gasteiger partial charge in [-0.3, -0.25) is 9.36 Å². The minimum absolute atomic E-state index is 0.0606. The van der Waals surface area contributed by atoms with Gasteiger partial charge in [-0.15, -0.1) is 0 Å². The van der Waals surface area contributed by atoms with Gasteiger partial charge in [0.1, 0.15) is 11.6 Å². The molecule has 5 nitrogen and oxygen atoms in total. The Morgan fingerprint density at radius 2 is 1.75 bits per heavy atom. The SMILES string of the molecule is COc1ccc(-c2c(N)n(C3CC3)c(=O)c3cc(N)ccc23)cc1. The molecule has 0 amide bonds. The lowest BCUT2D eigenvalue weighted by atomic mass is 9.98. The van der Waals surface area contributed by atoms with E-state index >= 15 is 0 Å². The fraction of sp³-hybridized carbons (Fsp3) is 0.211. The summed E-state index contributed by atoms with van der Waals surface area (Å²) in [6, 6.07) is 13.3. The summed E-state index contributed by atoms with van der Waals surface area (Å²) in [6.07, 6.45) is 1.97. The van der Waals surface area contributed by atoms with Crippen LogP contribution in [-0.2, 0) is 0 Å².